The molecule has 0 aliphatic carbocycles. The third-order valence-electron chi connectivity index (χ3n) is 3.69. The molecular formula is C14H15ClF2N2O. The highest BCUT2D eigenvalue weighted by Crippen LogP contribution is 2.30. The minimum Gasteiger partial charge on any atom is -0.381 e. The maximum absolute atomic E-state index is 14.2. The summed E-state index contributed by atoms with van der Waals surface area (Å²) in [5, 5.41) is 0. The normalized spacial score (nSPS) is 16.9. The highest BCUT2D eigenvalue weighted by atomic mass is 35.5. The predicted octanol–water partition coefficient (Wildman–Crippen LogP) is 3.45. The van der Waals surface area contributed by atoms with E-state index in [-0.39, 0.29) is 11.6 Å². The van der Waals surface area contributed by atoms with Gasteiger partial charge in [-0.3, -0.25) is 0 Å². The number of alkyl halides is 1. The van der Waals surface area contributed by atoms with Gasteiger partial charge in [0.15, 0.2) is 11.6 Å². The van der Waals surface area contributed by atoms with Crippen molar-refractivity contribution in [3.63, 3.8) is 0 Å². The zero-order chi connectivity index (χ0) is 14.1. The smallest absolute Gasteiger partial charge is 0.184 e. The maximum Gasteiger partial charge on any atom is 0.184 e. The van der Waals surface area contributed by atoms with Gasteiger partial charge in [-0.1, -0.05) is 0 Å². The largest absolute Gasteiger partial charge is 0.381 e. The van der Waals surface area contributed by atoms with E-state index in [1.165, 1.54) is 6.07 Å². The molecule has 0 saturated carbocycles. The van der Waals surface area contributed by atoms with E-state index < -0.39 is 11.6 Å². The molecule has 20 heavy (non-hydrogen) atoms. The first-order valence-electron chi connectivity index (χ1n) is 6.71. The van der Waals surface area contributed by atoms with Crippen LogP contribution in [0.1, 0.15) is 24.7 Å². The molecule has 1 aliphatic rings. The third kappa shape index (κ3) is 2.29. The number of hydrogen-bond donors (Lipinski definition) is 0. The van der Waals surface area contributed by atoms with Crippen LogP contribution in [0.5, 0.6) is 0 Å². The van der Waals surface area contributed by atoms with Crippen LogP contribution in [0.15, 0.2) is 12.1 Å². The number of ether oxygens (including phenoxy) is 1. The summed E-state index contributed by atoms with van der Waals surface area (Å²) in [5.74, 6) is -0.562. The molecule has 1 saturated heterocycles. The fourth-order valence-corrected chi connectivity index (χ4v) is 2.94. The van der Waals surface area contributed by atoms with Gasteiger partial charge in [0.05, 0.1) is 5.52 Å². The molecule has 2 heterocycles. The van der Waals surface area contributed by atoms with Crippen LogP contribution in [0.3, 0.4) is 0 Å². The number of nitrogens with zero attached hydrogens (tertiary/aromatic N) is 2. The van der Waals surface area contributed by atoms with E-state index >= 15 is 0 Å². The van der Waals surface area contributed by atoms with Gasteiger partial charge < -0.3 is 9.30 Å². The Morgan fingerprint density at radius 3 is 2.75 bits per heavy atom. The first-order valence-corrected chi connectivity index (χ1v) is 7.24. The molecule has 3 rings (SSSR count). The second-order valence-electron chi connectivity index (χ2n) is 4.91. The van der Waals surface area contributed by atoms with Gasteiger partial charge in [0.1, 0.15) is 11.3 Å². The van der Waals surface area contributed by atoms with E-state index in [4.69, 9.17) is 16.3 Å². The Kier molecular flexibility index (Phi) is 3.89. The number of benzene rings is 1. The number of imidazole rings is 1. The Labute approximate surface area is 120 Å². The summed E-state index contributed by atoms with van der Waals surface area (Å²) in [6, 6.07) is 2.72. The minimum absolute atomic E-state index is 0.0864. The van der Waals surface area contributed by atoms with Crippen molar-refractivity contribution in [1.82, 2.24) is 9.55 Å². The Hall–Kier alpha value is -1.20. The van der Waals surface area contributed by atoms with Crippen LogP contribution in [-0.2, 0) is 11.2 Å². The fourth-order valence-electron chi connectivity index (χ4n) is 2.77. The van der Waals surface area contributed by atoms with Crippen molar-refractivity contribution in [3.8, 4) is 0 Å². The molecule has 0 unspecified atom stereocenters. The van der Waals surface area contributed by atoms with Crippen molar-refractivity contribution in [2.75, 3.05) is 19.1 Å². The Bertz CT molecular complexity index is 623. The summed E-state index contributed by atoms with van der Waals surface area (Å²) in [5.41, 5.74) is 0.729. The van der Waals surface area contributed by atoms with Crippen LogP contribution in [0.4, 0.5) is 8.78 Å². The van der Waals surface area contributed by atoms with Crippen molar-refractivity contribution < 1.29 is 13.5 Å². The molecule has 0 spiro atoms. The van der Waals surface area contributed by atoms with Crippen LogP contribution >= 0.6 is 11.6 Å². The molecular weight excluding hydrogens is 286 g/mol. The molecule has 1 aromatic heterocycles. The summed E-state index contributed by atoms with van der Waals surface area (Å²) in [4.78, 5) is 4.41. The first-order chi connectivity index (χ1) is 9.72. The number of aryl methyl sites for hydroxylation is 1. The molecule has 2 aromatic rings. The Morgan fingerprint density at radius 1 is 1.30 bits per heavy atom. The van der Waals surface area contributed by atoms with E-state index in [1.807, 2.05) is 4.57 Å². The summed E-state index contributed by atoms with van der Waals surface area (Å²) in [6.45, 7) is 1.25. The lowest BCUT2D eigenvalue weighted by Crippen LogP contribution is -2.21. The lowest BCUT2D eigenvalue weighted by Gasteiger charge is -2.25. The number of fused-ring (bicyclic) bond motifs is 1. The SMILES string of the molecule is Fc1ccc2nc(CCCl)n(C3CCOCC3)c2c1F. The van der Waals surface area contributed by atoms with Crippen LogP contribution in [0, 0.1) is 11.6 Å². The number of halogens is 3. The molecule has 1 aromatic carbocycles. The van der Waals surface area contributed by atoms with Gasteiger partial charge in [-0.25, -0.2) is 13.8 Å². The number of hydrogen-bond acceptors (Lipinski definition) is 2. The van der Waals surface area contributed by atoms with Gasteiger partial charge in [0, 0.05) is 31.6 Å². The molecule has 0 radical (unpaired) electrons. The lowest BCUT2D eigenvalue weighted by atomic mass is 10.1. The average Bonchev–Trinajstić information content (AvgIpc) is 2.83. The van der Waals surface area contributed by atoms with E-state index in [9.17, 15) is 8.78 Å². The van der Waals surface area contributed by atoms with Crippen LogP contribution < -0.4 is 0 Å². The van der Waals surface area contributed by atoms with Crippen molar-refractivity contribution in [2.45, 2.75) is 25.3 Å². The topological polar surface area (TPSA) is 27.1 Å². The number of rotatable bonds is 3. The summed E-state index contributed by atoms with van der Waals surface area (Å²) >= 11 is 5.80. The fraction of sp³-hybridized carbons (Fsp3) is 0.500. The first kappa shape index (κ1) is 13.8. The molecule has 0 bridgehead atoms. The van der Waals surface area contributed by atoms with Gasteiger partial charge in [-0.05, 0) is 25.0 Å². The maximum atomic E-state index is 14.2. The quantitative estimate of drug-likeness (QED) is 0.812. The second kappa shape index (κ2) is 5.66. The highest BCUT2D eigenvalue weighted by molar-refractivity contribution is 6.17. The summed E-state index contributed by atoms with van der Waals surface area (Å²) in [7, 11) is 0. The number of aromatic nitrogens is 2. The van der Waals surface area contributed by atoms with E-state index in [0.717, 1.165) is 18.9 Å². The second-order valence-corrected chi connectivity index (χ2v) is 5.29. The van der Waals surface area contributed by atoms with Crippen molar-refractivity contribution in [2.24, 2.45) is 0 Å². The monoisotopic (exact) mass is 300 g/mol. The zero-order valence-corrected chi connectivity index (χ0v) is 11.7. The zero-order valence-electron chi connectivity index (χ0n) is 10.9. The average molecular weight is 301 g/mol. The van der Waals surface area contributed by atoms with Crippen molar-refractivity contribution in [3.05, 3.63) is 29.6 Å². The standard InChI is InChI=1S/C14H15ClF2N2O/c15-6-3-12-18-11-2-1-10(16)13(17)14(11)19(12)9-4-7-20-8-5-9/h1-2,9H,3-8H2. The molecule has 108 valence electrons. The van der Waals surface area contributed by atoms with Gasteiger partial charge in [0.25, 0.3) is 0 Å². The molecule has 0 N–H and O–H groups in total. The van der Waals surface area contributed by atoms with E-state index in [2.05, 4.69) is 4.98 Å². The van der Waals surface area contributed by atoms with Crippen molar-refractivity contribution in [1.29, 1.82) is 0 Å². The van der Waals surface area contributed by atoms with Crippen LogP contribution in [0.25, 0.3) is 11.0 Å². The van der Waals surface area contributed by atoms with Gasteiger partial charge in [-0.15, -0.1) is 11.6 Å². The highest BCUT2D eigenvalue weighted by Gasteiger charge is 2.24. The minimum atomic E-state index is -0.844. The molecule has 0 amide bonds. The summed E-state index contributed by atoms with van der Waals surface area (Å²) < 4.78 is 34.8. The van der Waals surface area contributed by atoms with Gasteiger partial charge >= 0.3 is 0 Å². The predicted molar refractivity (Wildman–Crippen MR) is 73.2 cm³/mol. The van der Waals surface area contributed by atoms with E-state index in [1.54, 1.807) is 0 Å². The van der Waals surface area contributed by atoms with Gasteiger partial charge in [0.2, 0.25) is 0 Å². The third-order valence-corrected chi connectivity index (χ3v) is 3.88. The molecule has 0 atom stereocenters. The molecule has 3 nitrogen and oxygen atoms in total. The van der Waals surface area contributed by atoms with Crippen LogP contribution in [0.2, 0.25) is 0 Å². The van der Waals surface area contributed by atoms with Gasteiger partial charge in [-0.2, -0.15) is 0 Å². The Balaban J connectivity index is 2.18. The molecule has 6 heteroatoms. The van der Waals surface area contributed by atoms with Crippen LogP contribution in [-0.4, -0.2) is 28.6 Å². The van der Waals surface area contributed by atoms with E-state index in [0.29, 0.717) is 36.9 Å². The molecule has 1 fully saturated rings. The summed E-state index contributed by atoms with van der Waals surface area (Å²) in [6.07, 6.45) is 2.09. The lowest BCUT2D eigenvalue weighted by molar-refractivity contribution is 0.0698. The Morgan fingerprint density at radius 2 is 2.05 bits per heavy atom. The molecule has 1 aliphatic heterocycles. The van der Waals surface area contributed by atoms with Crippen molar-refractivity contribution >= 4 is 22.6 Å².